The average molecular weight is 257 g/mol. The van der Waals surface area contributed by atoms with Gasteiger partial charge >= 0.3 is 0 Å². The predicted molar refractivity (Wildman–Crippen MR) is 74.8 cm³/mol. The van der Waals surface area contributed by atoms with E-state index >= 15 is 0 Å². The fraction of sp³-hybridized carbons (Fsp3) is 0.143. The van der Waals surface area contributed by atoms with Crippen LogP contribution in [0.2, 0.25) is 0 Å². The SMILES string of the molecule is COc1ccc(Nc2ccc(NC(C)=O)nc2)cc1. The van der Waals surface area contributed by atoms with Crippen LogP contribution in [0.5, 0.6) is 5.75 Å². The summed E-state index contributed by atoms with van der Waals surface area (Å²) in [6, 6.07) is 11.2. The number of benzene rings is 1. The number of hydrogen-bond acceptors (Lipinski definition) is 4. The number of anilines is 3. The minimum absolute atomic E-state index is 0.136. The summed E-state index contributed by atoms with van der Waals surface area (Å²) < 4.78 is 5.09. The molecule has 0 fully saturated rings. The van der Waals surface area contributed by atoms with Crippen LogP contribution in [0.25, 0.3) is 0 Å². The summed E-state index contributed by atoms with van der Waals surface area (Å²) >= 11 is 0. The lowest BCUT2D eigenvalue weighted by molar-refractivity contribution is -0.114. The molecular weight excluding hydrogens is 242 g/mol. The van der Waals surface area contributed by atoms with Crippen LogP contribution < -0.4 is 15.4 Å². The van der Waals surface area contributed by atoms with E-state index in [2.05, 4.69) is 15.6 Å². The number of methoxy groups -OCH3 is 1. The zero-order valence-electron chi connectivity index (χ0n) is 10.8. The zero-order chi connectivity index (χ0) is 13.7. The van der Waals surface area contributed by atoms with Crippen LogP contribution in [0, 0.1) is 0 Å². The third-order valence-electron chi connectivity index (χ3n) is 2.45. The molecule has 19 heavy (non-hydrogen) atoms. The molecule has 2 N–H and O–H groups in total. The lowest BCUT2D eigenvalue weighted by Gasteiger charge is -2.08. The molecule has 1 heterocycles. The summed E-state index contributed by atoms with van der Waals surface area (Å²) in [5.41, 5.74) is 1.79. The fourth-order valence-corrected chi connectivity index (χ4v) is 1.56. The highest BCUT2D eigenvalue weighted by Gasteiger charge is 1.99. The third kappa shape index (κ3) is 3.70. The number of ether oxygens (including phenoxy) is 1. The first-order valence-corrected chi connectivity index (χ1v) is 5.82. The molecule has 1 aromatic heterocycles. The van der Waals surface area contributed by atoms with Crippen molar-refractivity contribution in [2.75, 3.05) is 17.7 Å². The van der Waals surface area contributed by atoms with Crippen LogP contribution in [0.1, 0.15) is 6.92 Å². The number of aromatic nitrogens is 1. The van der Waals surface area contributed by atoms with Gasteiger partial charge in [-0.05, 0) is 36.4 Å². The Hall–Kier alpha value is -2.56. The molecular formula is C14H15N3O2. The van der Waals surface area contributed by atoms with E-state index in [1.54, 1.807) is 19.4 Å². The van der Waals surface area contributed by atoms with Gasteiger partial charge in [0.05, 0.1) is 19.0 Å². The number of rotatable bonds is 4. The van der Waals surface area contributed by atoms with Crippen LogP contribution in [0.3, 0.4) is 0 Å². The highest BCUT2D eigenvalue weighted by Crippen LogP contribution is 2.19. The molecule has 0 unspecified atom stereocenters. The van der Waals surface area contributed by atoms with Gasteiger partial charge in [-0.1, -0.05) is 0 Å². The van der Waals surface area contributed by atoms with E-state index in [-0.39, 0.29) is 5.91 Å². The zero-order valence-corrected chi connectivity index (χ0v) is 10.8. The Balaban J connectivity index is 2.04. The summed E-state index contributed by atoms with van der Waals surface area (Å²) in [4.78, 5) is 15.0. The number of nitrogens with zero attached hydrogens (tertiary/aromatic N) is 1. The van der Waals surface area contributed by atoms with E-state index < -0.39 is 0 Å². The van der Waals surface area contributed by atoms with Gasteiger partial charge in [0.15, 0.2) is 0 Å². The van der Waals surface area contributed by atoms with Crippen LogP contribution in [-0.4, -0.2) is 18.0 Å². The fourth-order valence-electron chi connectivity index (χ4n) is 1.56. The maximum Gasteiger partial charge on any atom is 0.222 e. The topological polar surface area (TPSA) is 63.2 Å². The van der Waals surface area contributed by atoms with Crippen LogP contribution in [-0.2, 0) is 4.79 Å². The summed E-state index contributed by atoms with van der Waals surface area (Å²) in [5, 5.41) is 5.82. The Labute approximate surface area is 111 Å². The van der Waals surface area contributed by atoms with Gasteiger partial charge in [0.1, 0.15) is 11.6 Å². The first-order valence-electron chi connectivity index (χ1n) is 5.82. The van der Waals surface area contributed by atoms with Gasteiger partial charge in [-0.3, -0.25) is 4.79 Å². The number of amides is 1. The Bertz CT molecular complexity index is 550. The van der Waals surface area contributed by atoms with Crippen molar-refractivity contribution in [3.8, 4) is 5.75 Å². The number of pyridine rings is 1. The molecule has 98 valence electrons. The van der Waals surface area contributed by atoms with Crippen molar-refractivity contribution in [3.05, 3.63) is 42.6 Å². The maximum absolute atomic E-state index is 10.9. The highest BCUT2D eigenvalue weighted by molar-refractivity contribution is 5.87. The molecule has 0 aliphatic carbocycles. The van der Waals surface area contributed by atoms with Gasteiger partial charge in [0.25, 0.3) is 0 Å². The normalized spacial score (nSPS) is 9.79. The minimum atomic E-state index is -0.136. The van der Waals surface area contributed by atoms with Crippen molar-refractivity contribution in [2.24, 2.45) is 0 Å². The molecule has 0 atom stereocenters. The second-order valence-electron chi connectivity index (χ2n) is 3.97. The van der Waals surface area contributed by atoms with Crippen LogP contribution >= 0.6 is 0 Å². The lowest BCUT2D eigenvalue weighted by atomic mass is 10.3. The molecule has 0 bridgehead atoms. The molecule has 5 nitrogen and oxygen atoms in total. The Morgan fingerprint density at radius 3 is 2.32 bits per heavy atom. The Morgan fingerprint density at radius 1 is 1.11 bits per heavy atom. The molecule has 0 saturated carbocycles. The van der Waals surface area contributed by atoms with Crippen molar-refractivity contribution in [2.45, 2.75) is 6.92 Å². The highest BCUT2D eigenvalue weighted by atomic mass is 16.5. The largest absolute Gasteiger partial charge is 0.497 e. The Morgan fingerprint density at radius 2 is 1.79 bits per heavy atom. The van der Waals surface area contributed by atoms with Gasteiger partial charge in [-0.25, -0.2) is 4.98 Å². The number of nitrogens with one attached hydrogen (secondary N) is 2. The first-order chi connectivity index (χ1) is 9.17. The number of carbonyl (C=O) groups excluding carboxylic acids is 1. The number of carbonyl (C=O) groups is 1. The van der Waals surface area contributed by atoms with E-state index in [1.165, 1.54) is 6.92 Å². The van der Waals surface area contributed by atoms with Crippen molar-refractivity contribution < 1.29 is 9.53 Å². The summed E-state index contributed by atoms with van der Waals surface area (Å²) in [5.74, 6) is 1.21. The molecule has 0 radical (unpaired) electrons. The van der Waals surface area contributed by atoms with Gasteiger partial charge in [0.2, 0.25) is 5.91 Å². The molecule has 5 heteroatoms. The summed E-state index contributed by atoms with van der Waals surface area (Å²) in [7, 11) is 1.63. The quantitative estimate of drug-likeness (QED) is 0.884. The molecule has 1 aromatic carbocycles. The molecule has 1 amide bonds. The molecule has 0 aliphatic heterocycles. The standard InChI is InChI=1S/C14H15N3O2/c1-10(18)16-14-8-5-12(9-15-14)17-11-3-6-13(19-2)7-4-11/h3-9,17H,1-2H3,(H,15,16,18). The van der Waals surface area contributed by atoms with E-state index in [0.717, 1.165) is 17.1 Å². The van der Waals surface area contributed by atoms with Crippen molar-refractivity contribution in [1.29, 1.82) is 0 Å². The third-order valence-corrected chi connectivity index (χ3v) is 2.45. The molecule has 0 saturated heterocycles. The molecule has 2 rings (SSSR count). The second-order valence-corrected chi connectivity index (χ2v) is 3.97. The number of hydrogen-bond donors (Lipinski definition) is 2. The maximum atomic E-state index is 10.9. The van der Waals surface area contributed by atoms with Crippen molar-refractivity contribution >= 4 is 23.1 Å². The monoisotopic (exact) mass is 257 g/mol. The minimum Gasteiger partial charge on any atom is -0.497 e. The summed E-state index contributed by atoms with van der Waals surface area (Å²) in [6.07, 6.45) is 1.66. The van der Waals surface area contributed by atoms with Crippen LogP contribution in [0.15, 0.2) is 42.6 Å². The predicted octanol–water partition coefficient (Wildman–Crippen LogP) is 2.79. The van der Waals surface area contributed by atoms with E-state index in [4.69, 9.17) is 4.74 Å². The van der Waals surface area contributed by atoms with E-state index in [0.29, 0.717) is 5.82 Å². The summed E-state index contributed by atoms with van der Waals surface area (Å²) in [6.45, 7) is 1.45. The van der Waals surface area contributed by atoms with E-state index in [1.807, 2.05) is 30.3 Å². The van der Waals surface area contributed by atoms with Gasteiger partial charge < -0.3 is 15.4 Å². The Kier molecular flexibility index (Phi) is 3.97. The van der Waals surface area contributed by atoms with Crippen molar-refractivity contribution in [1.82, 2.24) is 4.98 Å². The van der Waals surface area contributed by atoms with Crippen molar-refractivity contribution in [3.63, 3.8) is 0 Å². The smallest absolute Gasteiger partial charge is 0.222 e. The molecule has 0 aliphatic rings. The van der Waals surface area contributed by atoms with Gasteiger partial charge in [-0.2, -0.15) is 0 Å². The van der Waals surface area contributed by atoms with Gasteiger partial charge in [0, 0.05) is 12.6 Å². The molecule has 2 aromatic rings. The lowest BCUT2D eigenvalue weighted by Crippen LogP contribution is -2.07. The van der Waals surface area contributed by atoms with Crippen LogP contribution in [0.4, 0.5) is 17.2 Å². The van der Waals surface area contributed by atoms with E-state index in [9.17, 15) is 4.79 Å². The molecule has 0 spiro atoms. The second kappa shape index (κ2) is 5.86. The first kappa shape index (κ1) is 12.9. The van der Waals surface area contributed by atoms with Gasteiger partial charge in [-0.15, -0.1) is 0 Å². The average Bonchev–Trinajstić information content (AvgIpc) is 2.41.